The summed E-state index contributed by atoms with van der Waals surface area (Å²) in [5.74, 6) is 1.09. The van der Waals surface area contributed by atoms with Crippen molar-refractivity contribution in [1.82, 2.24) is 9.21 Å². The van der Waals surface area contributed by atoms with Crippen LogP contribution in [0.5, 0.6) is 5.75 Å². The van der Waals surface area contributed by atoms with Crippen molar-refractivity contribution in [3.63, 3.8) is 0 Å². The van der Waals surface area contributed by atoms with E-state index in [1.807, 2.05) is 43.0 Å². The van der Waals surface area contributed by atoms with Crippen molar-refractivity contribution in [2.45, 2.75) is 63.3 Å². The molecule has 4 rings (SSSR count). The van der Waals surface area contributed by atoms with E-state index in [1.54, 1.807) is 25.3 Å². The maximum atomic E-state index is 13.7. The third-order valence-electron chi connectivity index (χ3n) is 6.67. The molecule has 1 saturated heterocycles. The number of hydrogen-bond acceptors (Lipinski definition) is 5. The molecule has 0 bridgehead atoms. The van der Waals surface area contributed by atoms with Gasteiger partial charge < -0.3 is 14.4 Å². The summed E-state index contributed by atoms with van der Waals surface area (Å²) >= 11 is 0. The average molecular weight is 487 g/mol. The molecule has 1 saturated carbocycles. The highest BCUT2D eigenvalue weighted by atomic mass is 32.2. The molecule has 2 aliphatic rings. The monoisotopic (exact) mass is 486 g/mol. The molecular weight excluding hydrogens is 452 g/mol. The second-order valence-corrected chi connectivity index (χ2v) is 11.4. The van der Waals surface area contributed by atoms with Crippen LogP contribution in [-0.4, -0.2) is 62.0 Å². The van der Waals surface area contributed by atoms with Gasteiger partial charge in [-0.2, -0.15) is 4.31 Å². The lowest BCUT2D eigenvalue weighted by atomic mass is 10.1. The molecule has 0 radical (unpaired) electrons. The molecule has 0 spiro atoms. The lowest BCUT2D eigenvalue weighted by Crippen LogP contribution is -2.48. The fraction of sp³-hybridized carbons (Fsp3) is 0.500. The summed E-state index contributed by atoms with van der Waals surface area (Å²) in [7, 11) is -2.11. The highest BCUT2D eigenvalue weighted by Gasteiger charge is 2.36. The number of nitrogens with zero attached hydrogens (tertiary/aromatic N) is 2. The largest absolute Gasteiger partial charge is 0.497 e. The van der Waals surface area contributed by atoms with Gasteiger partial charge >= 0.3 is 0 Å². The quantitative estimate of drug-likeness (QED) is 0.565. The molecular formula is C26H34N2O5S. The Morgan fingerprint density at radius 1 is 1.12 bits per heavy atom. The summed E-state index contributed by atoms with van der Waals surface area (Å²) in [4.78, 5) is 15.7. The van der Waals surface area contributed by atoms with Gasteiger partial charge in [-0.05, 0) is 75.4 Å². The van der Waals surface area contributed by atoms with Crippen LogP contribution in [0.1, 0.15) is 49.5 Å². The molecule has 2 fully saturated rings. The van der Waals surface area contributed by atoms with Gasteiger partial charge in [0.2, 0.25) is 10.0 Å². The number of benzene rings is 2. The van der Waals surface area contributed by atoms with Crippen LogP contribution in [0.25, 0.3) is 0 Å². The first kappa shape index (κ1) is 24.7. The topological polar surface area (TPSA) is 76.2 Å². The van der Waals surface area contributed by atoms with Crippen LogP contribution in [0.2, 0.25) is 0 Å². The van der Waals surface area contributed by atoms with Crippen molar-refractivity contribution < 1.29 is 22.7 Å². The Balaban J connectivity index is 1.60. The third-order valence-corrected chi connectivity index (χ3v) is 8.50. The fourth-order valence-corrected chi connectivity index (χ4v) is 6.23. The minimum Gasteiger partial charge on any atom is -0.497 e. The van der Waals surface area contributed by atoms with E-state index >= 15 is 0 Å². The number of carbonyl (C=O) groups is 1. The first-order chi connectivity index (χ1) is 16.2. The van der Waals surface area contributed by atoms with Crippen molar-refractivity contribution in [3.8, 4) is 5.75 Å². The van der Waals surface area contributed by atoms with Crippen LogP contribution < -0.4 is 4.74 Å². The van der Waals surface area contributed by atoms with Crippen molar-refractivity contribution in [2.75, 3.05) is 20.2 Å². The number of morpholine rings is 1. The first-order valence-corrected chi connectivity index (χ1v) is 13.3. The van der Waals surface area contributed by atoms with E-state index in [9.17, 15) is 13.2 Å². The van der Waals surface area contributed by atoms with Gasteiger partial charge in [0.05, 0.1) is 24.2 Å². The van der Waals surface area contributed by atoms with E-state index in [-0.39, 0.29) is 29.1 Å². The van der Waals surface area contributed by atoms with Crippen LogP contribution in [0.4, 0.5) is 0 Å². The van der Waals surface area contributed by atoms with Gasteiger partial charge in [-0.25, -0.2) is 8.42 Å². The zero-order chi connectivity index (χ0) is 24.5. The Labute approximate surface area is 202 Å². The lowest BCUT2D eigenvalue weighted by molar-refractivity contribution is -0.0440. The Bertz CT molecular complexity index is 1100. The summed E-state index contributed by atoms with van der Waals surface area (Å²) in [6, 6.07) is 14.2. The van der Waals surface area contributed by atoms with Crippen LogP contribution in [-0.2, 0) is 21.3 Å². The summed E-state index contributed by atoms with van der Waals surface area (Å²) in [6.07, 6.45) is 1.86. The predicted molar refractivity (Wildman–Crippen MR) is 130 cm³/mol. The summed E-state index contributed by atoms with van der Waals surface area (Å²) in [6.45, 7) is 6.87. The van der Waals surface area contributed by atoms with E-state index in [0.29, 0.717) is 31.1 Å². The van der Waals surface area contributed by atoms with Crippen molar-refractivity contribution in [3.05, 3.63) is 59.7 Å². The molecule has 0 aromatic heterocycles. The van der Waals surface area contributed by atoms with E-state index in [0.717, 1.165) is 24.2 Å². The standard InChI is InChI=1S/C26H34N2O5S/c1-18-15-27(16-19(2)33-18)34(30,31)25-7-5-6-23(14-25)26(29)28(20(3)22-10-11-22)17-21-8-12-24(32-4)13-9-21/h5-9,12-14,18-20,22H,10-11,15-17H2,1-4H3. The van der Waals surface area contributed by atoms with Gasteiger partial charge in [-0.15, -0.1) is 0 Å². The van der Waals surface area contributed by atoms with Gasteiger partial charge in [0.1, 0.15) is 5.75 Å². The molecule has 8 heteroatoms. The molecule has 7 nitrogen and oxygen atoms in total. The second kappa shape index (κ2) is 10.1. The van der Waals surface area contributed by atoms with Crippen LogP contribution in [0, 0.1) is 5.92 Å². The predicted octanol–water partition coefficient (Wildman–Crippen LogP) is 3.93. The normalized spacial score (nSPS) is 22.2. The molecule has 1 aliphatic carbocycles. The van der Waals surface area contributed by atoms with E-state index in [4.69, 9.17) is 9.47 Å². The molecule has 2 aromatic rings. The third kappa shape index (κ3) is 5.45. The smallest absolute Gasteiger partial charge is 0.254 e. The van der Waals surface area contributed by atoms with Crippen molar-refractivity contribution >= 4 is 15.9 Å². The Kier molecular flexibility index (Phi) is 7.31. The SMILES string of the molecule is COc1ccc(CN(C(=O)c2cccc(S(=O)(=O)N3CC(C)OC(C)C3)c2)C(C)C2CC2)cc1. The maximum Gasteiger partial charge on any atom is 0.254 e. The summed E-state index contributed by atoms with van der Waals surface area (Å²) < 4.78 is 39.1. The van der Waals surface area contributed by atoms with Crippen LogP contribution >= 0.6 is 0 Å². The Morgan fingerprint density at radius 3 is 2.35 bits per heavy atom. The van der Waals surface area contributed by atoms with E-state index in [2.05, 4.69) is 6.92 Å². The van der Waals surface area contributed by atoms with Crippen molar-refractivity contribution in [1.29, 1.82) is 0 Å². The zero-order valence-electron chi connectivity index (χ0n) is 20.3. The molecule has 0 N–H and O–H groups in total. The molecule has 34 heavy (non-hydrogen) atoms. The zero-order valence-corrected chi connectivity index (χ0v) is 21.1. The fourth-order valence-electron chi connectivity index (χ4n) is 4.59. The van der Waals surface area contributed by atoms with Gasteiger partial charge in [-0.1, -0.05) is 18.2 Å². The van der Waals surface area contributed by atoms with E-state index in [1.165, 1.54) is 10.4 Å². The molecule has 1 amide bonds. The number of methoxy groups -OCH3 is 1. The minimum absolute atomic E-state index is 0.0656. The van der Waals surface area contributed by atoms with Crippen LogP contribution in [0.3, 0.4) is 0 Å². The Morgan fingerprint density at radius 2 is 1.76 bits per heavy atom. The van der Waals surface area contributed by atoms with Crippen molar-refractivity contribution in [2.24, 2.45) is 5.92 Å². The van der Waals surface area contributed by atoms with Gasteiger partial charge in [0.25, 0.3) is 5.91 Å². The van der Waals surface area contributed by atoms with Gasteiger partial charge in [0, 0.05) is 31.2 Å². The summed E-state index contributed by atoms with van der Waals surface area (Å²) in [5, 5.41) is 0. The Hall–Kier alpha value is -2.42. The van der Waals surface area contributed by atoms with Gasteiger partial charge in [0.15, 0.2) is 0 Å². The molecule has 3 atom stereocenters. The summed E-state index contributed by atoms with van der Waals surface area (Å²) in [5.41, 5.74) is 1.39. The minimum atomic E-state index is -3.73. The number of ether oxygens (including phenoxy) is 2. The molecule has 1 aliphatic heterocycles. The number of carbonyl (C=O) groups excluding carboxylic acids is 1. The second-order valence-electron chi connectivity index (χ2n) is 9.47. The average Bonchev–Trinajstić information content (AvgIpc) is 3.67. The van der Waals surface area contributed by atoms with Crippen LogP contribution in [0.15, 0.2) is 53.4 Å². The van der Waals surface area contributed by atoms with E-state index < -0.39 is 10.0 Å². The lowest BCUT2D eigenvalue weighted by Gasteiger charge is -2.34. The highest BCUT2D eigenvalue weighted by Crippen LogP contribution is 2.36. The molecule has 2 aromatic carbocycles. The number of rotatable bonds is 8. The molecule has 3 unspecified atom stereocenters. The molecule has 1 heterocycles. The van der Waals surface area contributed by atoms with Gasteiger partial charge in [-0.3, -0.25) is 4.79 Å². The first-order valence-electron chi connectivity index (χ1n) is 11.9. The molecule has 184 valence electrons. The number of amides is 1. The highest BCUT2D eigenvalue weighted by molar-refractivity contribution is 7.89. The number of hydrogen-bond donors (Lipinski definition) is 0. The number of sulfonamides is 1. The maximum absolute atomic E-state index is 13.7.